The maximum Gasteiger partial charge on any atom is 0.0468 e. The largest absolute Gasteiger partial charge is 0.310 e. The highest BCUT2D eigenvalue weighted by molar-refractivity contribution is 6.16. The second-order valence-electron chi connectivity index (χ2n) is 12.3. The maximum absolute atomic E-state index is 4.01. The van der Waals surface area contributed by atoms with Crippen molar-refractivity contribution in [3.8, 4) is 11.1 Å². The summed E-state index contributed by atoms with van der Waals surface area (Å²) in [4.78, 5) is 2.34. The lowest BCUT2D eigenvalue weighted by Crippen LogP contribution is -2.10. The van der Waals surface area contributed by atoms with Gasteiger partial charge in [0.15, 0.2) is 0 Å². The van der Waals surface area contributed by atoms with E-state index < -0.39 is 0 Å². The zero-order chi connectivity index (χ0) is 34.3. The Labute approximate surface area is 295 Å². The van der Waals surface area contributed by atoms with E-state index in [1.807, 2.05) is 12.2 Å². The Bertz CT molecular complexity index is 2380. The highest BCUT2D eigenvalue weighted by Crippen LogP contribution is 2.41. The molecular weight excluding hydrogens is 603 g/mol. The Balaban J connectivity index is 1.42. The van der Waals surface area contributed by atoms with E-state index in [1.54, 1.807) is 6.08 Å². The van der Waals surface area contributed by atoms with E-state index in [0.717, 1.165) is 28.2 Å². The van der Waals surface area contributed by atoms with E-state index in [2.05, 4.69) is 201 Å². The molecule has 1 aliphatic carbocycles. The van der Waals surface area contributed by atoms with Gasteiger partial charge < -0.3 is 4.90 Å². The molecule has 0 aliphatic heterocycles. The third-order valence-corrected chi connectivity index (χ3v) is 9.14. The lowest BCUT2D eigenvalue weighted by Gasteiger charge is -2.27. The van der Waals surface area contributed by atoms with Crippen LogP contribution in [0.1, 0.15) is 23.6 Å². The molecule has 0 saturated heterocycles. The van der Waals surface area contributed by atoms with Gasteiger partial charge in [0.05, 0.1) is 0 Å². The monoisotopic (exact) mass is 641 g/mol. The van der Waals surface area contributed by atoms with E-state index in [4.69, 9.17) is 0 Å². The van der Waals surface area contributed by atoms with Gasteiger partial charge in [-0.1, -0.05) is 177 Å². The van der Waals surface area contributed by atoms with Crippen LogP contribution in [0.25, 0.3) is 50.4 Å². The molecule has 0 bridgehead atoms. The van der Waals surface area contributed by atoms with Crippen LogP contribution < -0.4 is 4.90 Å². The summed E-state index contributed by atoms with van der Waals surface area (Å²) in [6.45, 7) is 10.0. The molecule has 1 aliphatic rings. The number of benzene rings is 6. The lowest BCUT2D eigenvalue weighted by molar-refractivity contribution is 1.29. The average Bonchev–Trinajstić information content (AvgIpc) is 3.16. The van der Waals surface area contributed by atoms with Gasteiger partial charge in [-0.15, -0.1) is 0 Å². The van der Waals surface area contributed by atoms with Crippen molar-refractivity contribution in [2.75, 3.05) is 4.90 Å². The van der Waals surface area contributed by atoms with Gasteiger partial charge >= 0.3 is 0 Å². The third-order valence-electron chi connectivity index (χ3n) is 9.14. The minimum Gasteiger partial charge on any atom is -0.310 e. The molecule has 0 amide bonds. The predicted octanol–water partition coefficient (Wildman–Crippen LogP) is 14.0. The van der Waals surface area contributed by atoms with Crippen LogP contribution in [0.2, 0.25) is 0 Å². The van der Waals surface area contributed by atoms with Gasteiger partial charge in [-0.05, 0) is 98.3 Å². The second kappa shape index (κ2) is 14.8. The normalized spacial score (nSPS) is 16.6. The van der Waals surface area contributed by atoms with Gasteiger partial charge in [-0.3, -0.25) is 0 Å². The molecule has 240 valence electrons. The molecule has 1 nitrogen and oxygen atoms in total. The SMILES string of the molecule is C=C/C=C(\C=C)c1ccc(N(c2ccc(-c3ccccc3)cc2)c2ccc3c4c(c5ccccc5c3c2)/C=C/C=C/C=C(C)\C=C/C=C/4)cc1. The first-order chi connectivity index (χ1) is 24.6. The molecule has 0 spiro atoms. The zero-order valence-electron chi connectivity index (χ0n) is 28.3. The quantitative estimate of drug-likeness (QED) is 0.124. The number of nitrogens with zero attached hydrogens (tertiary/aromatic N) is 1. The Kier molecular flexibility index (Phi) is 9.49. The molecule has 0 fully saturated rings. The number of hydrogen-bond acceptors (Lipinski definition) is 1. The minimum absolute atomic E-state index is 1.04. The van der Waals surface area contributed by atoms with Crippen molar-refractivity contribution in [1.29, 1.82) is 0 Å². The Morgan fingerprint density at radius 3 is 1.80 bits per heavy atom. The van der Waals surface area contributed by atoms with Crippen molar-refractivity contribution in [2.45, 2.75) is 6.92 Å². The number of hydrogen-bond donors (Lipinski definition) is 0. The summed E-state index contributed by atoms with van der Waals surface area (Å²) in [5, 5.41) is 4.87. The summed E-state index contributed by atoms with van der Waals surface area (Å²) in [7, 11) is 0. The Morgan fingerprint density at radius 1 is 0.520 bits per heavy atom. The summed E-state index contributed by atoms with van der Waals surface area (Å²) in [5.74, 6) is 0. The molecule has 1 heteroatoms. The molecule has 0 aromatic heterocycles. The van der Waals surface area contributed by atoms with Crippen LogP contribution in [0, 0.1) is 0 Å². The van der Waals surface area contributed by atoms with Crippen LogP contribution in [0.5, 0.6) is 0 Å². The minimum atomic E-state index is 1.04. The smallest absolute Gasteiger partial charge is 0.0468 e. The van der Waals surface area contributed by atoms with Crippen LogP contribution >= 0.6 is 0 Å². The fourth-order valence-corrected chi connectivity index (χ4v) is 6.66. The van der Waals surface area contributed by atoms with Gasteiger partial charge in [-0.25, -0.2) is 0 Å². The molecule has 0 saturated carbocycles. The first-order valence-electron chi connectivity index (χ1n) is 17.0. The molecule has 6 aromatic carbocycles. The van der Waals surface area contributed by atoms with Crippen molar-refractivity contribution in [3.05, 3.63) is 218 Å². The molecule has 0 unspecified atom stereocenters. The lowest BCUT2D eigenvalue weighted by atomic mass is 9.90. The van der Waals surface area contributed by atoms with E-state index in [0.29, 0.717) is 0 Å². The molecule has 7 rings (SSSR count). The van der Waals surface area contributed by atoms with Gasteiger partial charge in [0.25, 0.3) is 0 Å². The molecular formula is C49H39N. The van der Waals surface area contributed by atoms with Crippen LogP contribution in [-0.2, 0) is 0 Å². The van der Waals surface area contributed by atoms with Crippen LogP contribution in [-0.4, -0.2) is 0 Å². The topological polar surface area (TPSA) is 3.24 Å². The molecule has 50 heavy (non-hydrogen) atoms. The summed E-state index contributed by atoms with van der Waals surface area (Å²) in [6, 6.07) is 43.7. The number of rotatable bonds is 7. The number of fused-ring (bicyclic) bond motifs is 6. The Hall–Kier alpha value is -6.44. The summed E-state index contributed by atoms with van der Waals surface area (Å²) < 4.78 is 0. The summed E-state index contributed by atoms with van der Waals surface area (Å²) in [6.07, 6.45) is 25.0. The van der Waals surface area contributed by atoms with Crippen molar-refractivity contribution < 1.29 is 0 Å². The highest BCUT2D eigenvalue weighted by atomic mass is 15.1. The van der Waals surface area contributed by atoms with Crippen molar-refractivity contribution >= 4 is 56.3 Å². The van der Waals surface area contributed by atoms with Crippen molar-refractivity contribution in [2.24, 2.45) is 0 Å². The first kappa shape index (κ1) is 32.1. The van der Waals surface area contributed by atoms with E-state index in [1.165, 1.54) is 49.4 Å². The van der Waals surface area contributed by atoms with E-state index in [9.17, 15) is 0 Å². The van der Waals surface area contributed by atoms with Gasteiger partial charge in [0.2, 0.25) is 0 Å². The van der Waals surface area contributed by atoms with E-state index >= 15 is 0 Å². The number of allylic oxidation sites excluding steroid dienone is 12. The van der Waals surface area contributed by atoms with Crippen molar-refractivity contribution in [1.82, 2.24) is 0 Å². The highest BCUT2D eigenvalue weighted by Gasteiger charge is 2.17. The fraction of sp³-hybridized carbons (Fsp3) is 0.0204. The van der Waals surface area contributed by atoms with Crippen LogP contribution in [0.3, 0.4) is 0 Å². The van der Waals surface area contributed by atoms with Gasteiger partial charge in [-0.2, -0.15) is 0 Å². The zero-order valence-corrected chi connectivity index (χ0v) is 28.3. The van der Waals surface area contributed by atoms with Crippen LogP contribution in [0.4, 0.5) is 17.1 Å². The van der Waals surface area contributed by atoms with E-state index in [-0.39, 0.29) is 0 Å². The standard InChI is InChI=1S/C49H39N/c1-4-16-37(5-2)39-25-29-41(30-26-39)50(42-31-27-40(28-32-42)38-19-9-7-10-20-38)43-33-34-48-46-22-13-12-18-36(3)17-8-6-11-21-44(46)45-23-14-15-24-47(45)49(48)35-43/h4-35H,1-2H2,3H3/b8-6+,11-6?,13-12?,17-8?,18-12-,21-11+,22-13+,36-17-,36-18?,37-16+,44-21?,46-22?. The first-order valence-corrected chi connectivity index (χ1v) is 17.0. The summed E-state index contributed by atoms with van der Waals surface area (Å²) >= 11 is 0. The van der Waals surface area contributed by atoms with Gasteiger partial charge in [0, 0.05) is 17.1 Å². The molecule has 0 N–H and O–H groups in total. The molecule has 0 heterocycles. The fourth-order valence-electron chi connectivity index (χ4n) is 6.66. The molecule has 0 atom stereocenters. The molecule has 6 aromatic rings. The Morgan fingerprint density at radius 2 is 1.10 bits per heavy atom. The molecule has 0 radical (unpaired) electrons. The third kappa shape index (κ3) is 6.63. The van der Waals surface area contributed by atoms with Gasteiger partial charge in [0.1, 0.15) is 0 Å². The second-order valence-corrected chi connectivity index (χ2v) is 12.3. The van der Waals surface area contributed by atoms with Crippen molar-refractivity contribution in [3.63, 3.8) is 0 Å². The maximum atomic E-state index is 4.01. The number of anilines is 3. The predicted molar refractivity (Wildman–Crippen MR) is 220 cm³/mol. The van der Waals surface area contributed by atoms with Crippen LogP contribution in [0.15, 0.2) is 201 Å². The average molecular weight is 642 g/mol. The summed E-state index contributed by atoms with van der Waals surface area (Å²) in [5.41, 5.74) is 11.4.